The largest absolute Gasteiger partial charge is 0.403 e. The van der Waals surface area contributed by atoms with Gasteiger partial charge in [-0.25, -0.2) is 4.98 Å². The molecule has 3 aliphatic heterocycles. The van der Waals surface area contributed by atoms with Gasteiger partial charge in [-0.2, -0.15) is 13.2 Å². The number of hydrogen-bond acceptors (Lipinski definition) is 7. The lowest BCUT2D eigenvalue weighted by Crippen LogP contribution is -2.73. The molecule has 1 unspecified atom stereocenters. The highest BCUT2D eigenvalue weighted by molar-refractivity contribution is 6.30. The molecule has 0 amide bonds. The van der Waals surface area contributed by atoms with E-state index in [-0.39, 0.29) is 18.5 Å². The maximum absolute atomic E-state index is 13.5. The molecule has 0 bridgehead atoms. The van der Waals surface area contributed by atoms with Crippen molar-refractivity contribution in [1.82, 2.24) is 29.6 Å². The third-order valence-electron chi connectivity index (χ3n) is 7.00. The number of alkyl halides is 3. The fourth-order valence-corrected chi connectivity index (χ4v) is 5.38. The molecule has 0 radical (unpaired) electrons. The molecular formula is C22H22ClF3N8. The van der Waals surface area contributed by atoms with Crippen molar-refractivity contribution in [2.24, 2.45) is 5.41 Å². The second kappa shape index (κ2) is 7.54. The molecule has 2 saturated heterocycles. The molecule has 2 fully saturated rings. The Hall–Kier alpha value is -2.92. The van der Waals surface area contributed by atoms with Gasteiger partial charge in [-0.05, 0) is 30.7 Å². The number of aromatic nitrogens is 5. The summed E-state index contributed by atoms with van der Waals surface area (Å²) < 4.78 is 42.5. The van der Waals surface area contributed by atoms with Gasteiger partial charge < -0.3 is 9.80 Å². The van der Waals surface area contributed by atoms with E-state index in [4.69, 9.17) is 11.6 Å². The number of nitrogens with zero attached hydrogens (tertiary/aromatic N) is 8. The second-order valence-electron chi connectivity index (χ2n) is 9.42. The average molecular weight is 491 g/mol. The van der Waals surface area contributed by atoms with Crippen LogP contribution >= 0.6 is 11.6 Å². The molecule has 2 aromatic heterocycles. The van der Waals surface area contributed by atoms with E-state index in [9.17, 15) is 13.2 Å². The van der Waals surface area contributed by atoms with E-state index in [0.29, 0.717) is 16.8 Å². The van der Waals surface area contributed by atoms with Crippen molar-refractivity contribution in [3.05, 3.63) is 53.2 Å². The summed E-state index contributed by atoms with van der Waals surface area (Å²) in [6, 6.07) is 3.69. The van der Waals surface area contributed by atoms with E-state index < -0.39 is 12.2 Å². The summed E-state index contributed by atoms with van der Waals surface area (Å²) in [6.45, 7) is 4.70. The number of anilines is 2. The first-order valence-electron chi connectivity index (χ1n) is 11.0. The van der Waals surface area contributed by atoms with Crippen LogP contribution < -0.4 is 9.80 Å². The molecule has 5 heterocycles. The Labute approximate surface area is 199 Å². The SMILES string of the molecule is CC(N1Cc2cc(Cl)ccc2-n2c(nnc2N2CC3(CN(c4cnccn4)C3)C2)C1)C(F)(F)F. The van der Waals surface area contributed by atoms with E-state index in [1.165, 1.54) is 11.8 Å². The van der Waals surface area contributed by atoms with Crippen LogP contribution in [0, 0.1) is 5.41 Å². The summed E-state index contributed by atoms with van der Waals surface area (Å²) in [5.41, 5.74) is 1.64. The molecule has 3 aromatic rings. The average Bonchev–Trinajstić information content (AvgIpc) is 3.06. The van der Waals surface area contributed by atoms with Crippen molar-refractivity contribution in [3.63, 3.8) is 0 Å². The van der Waals surface area contributed by atoms with Gasteiger partial charge in [0.2, 0.25) is 5.95 Å². The quantitative estimate of drug-likeness (QED) is 0.558. The predicted octanol–water partition coefficient (Wildman–Crippen LogP) is 3.30. The lowest BCUT2D eigenvalue weighted by molar-refractivity contribution is -0.182. The minimum absolute atomic E-state index is 0.0411. The van der Waals surface area contributed by atoms with Gasteiger partial charge in [0, 0.05) is 55.6 Å². The fraction of sp³-hybridized carbons (Fsp3) is 0.455. The third-order valence-corrected chi connectivity index (χ3v) is 7.23. The maximum atomic E-state index is 13.5. The molecular weight excluding hydrogens is 469 g/mol. The van der Waals surface area contributed by atoms with Gasteiger partial charge in [0.15, 0.2) is 5.82 Å². The van der Waals surface area contributed by atoms with Crippen molar-refractivity contribution in [3.8, 4) is 5.69 Å². The number of hydrogen-bond donors (Lipinski definition) is 0. The minimum Gasteiger partial charge on any atom is -0.354 e. The van der Waals surface area contributed by atoms with Crippen LogP contribution in [0.4, 0.5) is 24.9 Å². The van der Waals surface area contributed by atoms with Gasteiger partial charge in [-0.15, -0.1) is 10.2 Å². The molecule has 0 aliphatic carbocycles. The third kappa shape index (κ3) is 3.49. The molecule has 1 atom stereocenters. The standard InChI is InChI=1S/C22H22ClF3N8/c1-14(22(24,25)26)31-8-15-6-16(23)2-3-17(15)34-19(9-31)29-30-20(34)33-12-21(13-33)10-32(11-21)18-7-27-4-5-28-18/h2-7,14H,8-13H2,1H3. The van der Waals surface area contributed by atoms with Crippen molar-refractivity contribution < 1.29 is 13.2 Å². The second-order valence-corrected chi connectivity index (χ2v) is 9.86. The van der Waals surface area contributed by atoms with Gasteiger partial charge in [-0.1, -0.05) is 11.6 Å². The van der Waals surface area contributed by atoms with Crippen molar-refractivity contribution in [2.45, 2.75) is 32.2 Å². The molecule has 1 aromatic carbocycles. The number of rotatable bonds is 3. The highest BCUT2D eigenvalue weighted by Gasteiger charge is 2.53. The molecule has 8 nitrogen and oxygen atoms in total. The fourth-order valence-electron chi connectivity index (χ4n) is 5.18. The van der Waals surface area contributed by atoms with Crippen LogP contribution in [-0.2, 0) is 13.1 Å². The van der Waals surface area contributed by atoms with Crippen molar-refractivity contribution in [1.29, 1.82) is 0 Å². The topological polar surface area (TPSA) is 66.2 Å². The lowest BCUT2D eigenvalue weighted by atomic mass is 9.73. The maximum Gasteiger partial charge on any atom is 0.403 e. The zero-order valence-corrected chi connectivity index (χ0v) is 19.1. The molecule has 34 heavy (non-hydrogen) atoms. The van der Waals surface area contributed by atoms with Crippen LogP contribution in [0.5, 0.6) is 0 Å². The summed E-state index contributed by atoms with van der Waals surface area (Å²) in [4.78, 5) is 14.2. The smallest absolute Gasteiger partial charge is 0.354 e. The van der Waals surface area contributed by atoms with Gasteiger partial charge in [-0.3, -0.25) is 14.5 Å². The Morgan fingerprint density at radius 3 is 2.50 bits per heavy atom. The predicted molar refractivity (Wildman–Crippen MR) is 120 cm³/mol. The van der Waals surface area contributed by atoms with Crippen LogP contribution in [0.1, 0.15) is 18.3 Å². The van der Waals surface area contributed by atoms with Crippen LogP contribution in [0.25, 0.3) is 5.69 Å². The van der Waals surface area contributed by atoms with E-state index in [2.05, 4.69) is 30.0 Å². The van der Waals surface area contributed by atoms with Crippen LogP contribution in [0.2, 0.25) is 5.02 Å². The van der Waals surface area contributed by atoms with Gasteiger partial charge in [0.05, 0.1) is 18.4 Å². The Bertz CT molecular complexity index is 1220. The molecule has 12 heteroatoms. The highest BCUT2D eigenvalue weighted by atomic mass is 35.5. The van der Waals surface area contributed by atoms with Crippen LogP contribution in [-0.4, -0.2) is 68.0 Å². The lowest BCUT2D eigenvalue weighted by Gasteiger charge is -2.60. The normalized spacial score (nSPS) is 20.3. The van der Waals surface area contributed by atoms with E-state index in [1.807, 2.05) is 10.6 Å². The zero-order valence-electron chi connectivity index (χ0n) is 18.4. The van der Waals surface area contributed by atoms with Crippen LogP contribution in [0.3, 0.4) is 0 Å². The minimum atomic E-state index is -4.35. The molecule has 1 spiro atoms. The van der Waals surface area contributed by atoms with E-state index >= 15 is 0 Å². The summed E-state index contributed by atoms with van der Waals surface area (Å²) in [5, 5.41) is 9.20. The zero-order chi connectivity index (χ0) is 23.7. The Balaban J connectivity index is 1.27. The van der Waals surface area contributed by atoms with Gasteiger partial charge in [0.1, 0.15) is 11.9 Å². The molecule has 6 rings (SSSR count). The summed E-state index contributed by atoms with van der Waals surface area (Å²) in [7, 11) is 0. The Morgan fingerprint density at radius 2 is 1.79 bits per heavy atom. The number of benzene rings is 1. The molecule has 0 saturated carbocycles. The molecule has 3 aliphatic rings. The first-order chi connectivity index (χ1) is 16.2. The van der Waals surface area contributed by atoms with Gasteiger partial charge in [0.25, 0.3) is 0 Å². The molecule has 0 N–H and O–H groups in total. The first kappa shape index (κ1) is 21.6. The summed E-state index contributed by atoms with van der Waals surface area (Å²) in [6.07, 6.45) is 0.756. The van der Waals surface area contributed by atoms with Gasteiger partial charge >= 0.3 is 6.18 Å². The summed E-state index contributed by atoms with van der Waals surface area (Å²) in [5.74, 6) is 2.01. The number of fused-ring (bicyclic) bond motifs is 3. The monoisotopic (exact) mass is 490 g/mol. The van der Waals surface area contributed by atoms with E-state index in [1.54, 1.807) is 30.7 Å². The first-order valence-corrected chi connectivity index (χ1v) is 11.4. The summed E-state index contributed by atoms with van der Waals surface area (Å²) >= 11 is 6.21. The van der Waals surface area contributed by atoms with Crippen molar-refractivity contribution in [2.75, 3.05) is 36.0 Å². The van der Waals surface area contributed by atoms with E-state index in [0.717, 1.165) is 43.2 Å². The Morgan fingerprint density at radius 1 is 1.03 bits per heavy atom. The van der Waals surface area contributed by atoms with Crippen molar-refractivity contribution >= 4 is 23.4 Å². The number of halogens is 4. The highest BCUT2D eigenvalue weighted by Crippen LogP contribution is 2.44. The molecule has 178 valence electrons. The van der Waals surface area contributed by atoms with Crippen LogP contribution in [0.15, 0.2) is 36.8 Å². The Kier molecular flexibility index (Phi) is 4.79.